The first-order valence-corrected chi connectivity index (χ1v) is 11.3. The van der Waals surface area contributed by atoms with Crippen LogP contribution in [0.1, 0.15) is 39.2 Å². The number of anilines is 2. The number of para-hydroxylation sites is 1. The van der Waals surface area contributed by atoms with Gasteiger partial charge in [0.1, 0.15) is 11.6 Å². The number of rotatable bonds is 5. The summed E-state index contributed by atoms with van der Waals surface area (Å²) < 4.78 is 0. The van der Waals surface area contributed by atoms with Crippen LogP contribution in [0.2, 0.25) is 5.02 Å². The number of pyridine rings is 1. The van der Waals surface area contributed by atoms with Gasteiger partial charge in [0.15, 0.2) is 0 Å². The van der Waals surface area contributed by atoms with E-state index in [4.69, 9.17) is 16.6 Å². The normalized spacial score (nSPS) is 14.9. The van der Waals surface area contributed by atoms with Crippen LogP contribution in [-0.2, 0) is 6.54 Å². The Labute approximate surface area is 201 Å². The van der Waals surface area contributed by atoms with E-state index in [1.165, 1.54) is 11.1 Å². The molecule has 2 aromatic carbocycles. The first-order valence-electron chi connectivity index (χ1n) is 10.9. The number of nitrogens with one attached hydrogen (secondary N) is 2. The molecule has 1 aliphatic heterocycles. The van der Waals surface area contributed by atoms with Gasteiger partial charge in [-0.15, -0.1) is 12.4 Å². The van der Waals surface area contributed by atoms with Crippen molar-refractivity contribution in [3.8, 4) is 5.75 Å². The lowest BCUT2D eigenvalue weighted by Crippen LogP contribution is -2.49. The van der Waals surface area contributed by atoms with Gasteiger partial charge in [-0.05, 0) is 57.4 Å². The summed E-state index contributed by atoms with van der Waals surface area (Å²) in [4.78, 5) is 7.29. The zero-order valence-corrected chi connectivity index (χ0v) is 20.4. The number of piperidine rings is 1. The van der Waals surface area contributed by atoms with E-state index in [-0.39, 0.29) is 23.7 Å². The van der Waals surface area contributed by atoms with Crippen LogP contribution in [0.4, 0.5) is 11.5 Å². The van der Waals surface area contributed by atoms with Gasteiger partial charge in [-0.2, -0.15) is 0 Å². The molecular formula is C25H32Cl2N4O. The number of nitrogens with zero attached hydrogens (tertiary/aromatic N) is 2. The van der Waals surface area contributed by atoms with E-state index in [1.807, 2.05) is 12.1 Å². The molecular weight excluding hydrogens is 443 g/mol. The molecule has 3 N–H and O–H groups in total. The molecule has 2 heterocycles. The first-order chi connectivity index (χ1) is 14.8. The lowest BCUT2D eigenvalue weighted by molar-refractivity contribution is 0.317. The second-order valence-corrected chi connectivity index (χ2v) is 9.75. The van der Waals surface area contributed by atoms with Gasteiger partial charge < -0.3 is 20.6 Å². The highest BCUT2D eigenvalue weighted by atomic mass is 35.5. The van der Waals surface area contributed by atoms with Crippen molar-refractivity contribution in [1.29, 1.82) is 0 Å². The van der Waals surface area contributed by atoms with Crippen molar-refractivity contribution in [2.75, 3.05) is 23.3 Å². The smallest absolute Gasteiger partial charge is 0.134 e. The summed E-state index contributed by atoms with van der Waals surface area (Å²) in [6, 6.07) is 16.3. The summed E-state index contributed by atoms with van der Waals surface area (Å²) in [5, 5.41) is 18.6. The van der Waals surface area contributed by atoms with Gasteiger partial charge in [0.2, 0.25) is 0 Å². The molecule has 1 aromatic heterocycles. The highest BCUT2D eigenvalue weighted by Gasteiger charge is 2.24. The molecule has 32 heavy (non-hydrogen) atoms. The Bertz CT molecular complexity index is 1060. The molecule has 0 bridgehead atoms. The number of benzene rings is 2. The molecule has 0 saturated carbocycles. The van der Waals surface area contributed by atoms with Gasteiger partial charge >= 0.3 is 0 Å². The summed E-state index contributed by atoms with van der Waals surface area (Å²) in [5.41, 5.74) is 3.30. The largest absolute Gasteiger partial charge is 0.506 e. The second kappa shape index (κ2) is 10.2. The summed E-state index contributed by atoms with van der Waals surface area (Å²) in [7, 11) is 0. The molecule has 1 fully saturated rings. The van der Waals surface area contributed by atoms with Crippen LogP contribution in [0.5, 0.6) is 5.75 Å². The fourth-order valence-electron chi connectivity index (χ4n) is 4.25. The Kier molecular flexibility index (Phi) is 7.75. The van der Waals surface area contributed by atoms with Crippen LogP contribution in [0.15, 0.2) is 48.5 Å². The summed E-state index contributed by atoms with van der Waals surface area (Å²) in [6.07, 6.45) is 2.25. The number of halogens is 2. The SMILES string of the molecule is CC(C)(C)NC1CCN(c2cc(NCc3ccc(Cl)c(O)c3)nc3ccccc23)CC1.Cl. The minimum atomic E-state index is 0. The van der Waals surface area contributed by atoms with Gasteiger partial charge in [-0.3, -0.25) is 0 Å². The maximum absolute atomic E-state index is 9.86. The highest BCUT2D eigenvalue weighted by Crippen LogP contribution is 2.31. The number of hydrogen-bond donors (Lipinski definition) is 3. The quantitative estimate of drug-likeness (QED) is 0.424. The molecule has 0 radical (unpaired) electrons. The zero-order chi connectivity index (χ0) is 22.0. The number of phenols is 1. The Hall–Kier alpha value is -2.21. The number of phenolic OH excluding ortho intramolecular Hbond substituents is 1. The fourth-order valence-corrected chi connectivity index (χ4v) is 4.36. The molecule has 0 spiro atoms. The first kappa shape index (κ1) is 24.4. The van der Waals surface area contributed by atoms with Crippen LogP contribution >= 0.6 is 24.0 Å². The molecule has 0 aliphatic carbocycles. The number of aromatic nitrogens is 1. The molecule has 4 rings (SSSR count). The Morgan fingerprint density at radius 3 is 2.50 bits per heavy atom. The van der Waals surface area contributed by atoms with Crippen molar-refractivity contribution < 1.29 is 5.11 Å². The Morgan fingerprint density at radius 2 is 1.81 bits per heavy atom. The van der Waals surface area contributed by atoms with E-state index in [0.29, 0.717) is 17.6 Å². The van der Waals surface area contributed by atoms with Crippen molar-refractivity contribution in [3.63, 3.8) is 0 Å². The number of aromatic hydroxyl groups is 1. The van der Waals surface area contributed by atoms with Gasteiger partial charge in [-0.1, -0.05) is 35.9 Å². The summed E-state index contributed by atoms with van der Waals surface area (Å²) in [6.45, 7) is 9.29. The molecule has 1 aliphatic rings. The van der Waals surface area contributed by atoms with Crippen LogP contribution in [0, 0.1) is 0 Å². The lowest BCUT2D eigenvalue weighted by atomic mass is 9.99. The summed E-state index contributed by atoms with van der Waals surface area (Å²) in [5.74, 6) is 0.929. The van der Waals surface area contributed by atoms with Crippen LogP contribution in [0.3, 0.4) is 0 Å². The van der Waals surface area contributed by atoms with Crippen molar-refractivity contribution in [1.82, 2.24) is 10.3 Å². The lowest BCUT2D eigenvalue weighted by Gasteiger charge is -2.37. The minimum absolute atomic E-state index is 0. The van der Waals surface area contributed by atoms with Crippen molar-refractivity contribution in [3.05, 3.63) is 59.1 Å². The third-order valence-corrected chi connectivity index (χ3v) is 5.97. The number of fused-ring (bicyclic) bond motifs is 1. The van der Waals surface area contributed by atoms with Crippen LogP contribution < -0.4 is 15.5 Å². The molecule has 172 valence electrons. The molecule has 0 atom stereocenters. The molecule has 5 nitrogen and oxygen atoms in total. The molecule has 0 amide bonds. The van der Waals surface area contributed by atoms with Gasteiger partial charge in [0, 0.05) is 48.4 Å². The summed E-state index contributed by atoms with van der Waals surface area (Å²) >= 11 is 5.92. The number of hydrogen-bond acceptors (Lipinski definition) is 5. The average Bonchev–Trinajstić information content (AvgIpc) is 2.73. The van der Waals surface area contributed by atoms with Crippen molar-refractivity contribution in [2.45, 2.75) is 51.7 Å². The predicted molar refractivity (Wildman–Crippen MR) is 138 cm³/mol. The van der Waals surface area contributed by atoms with E-state index < -0.39 is 0 Å². The van der Waals surface area contributed by atoms with E-state index in [9.17, 15) is 5.11 Å². The molecule has 7 heteroatoms. The molecule has 1 saturated heterocycles. The van der Waals surface area contributed by atoms with E-state index in [0.717, 1.165) is 42.8 Å². The maximum atomic E-state index is 9.86. The van der Waals surface area contributed by atoms with Gasteiger partial charge in [-0.25, -0.2) is 4.98 Å². The van der Waals surface area contributed by atoms with E-state index in [1.54, 1.807) is 12.1 Å². The standard InChI is InChI=1S/C25H31ClN4O.ClH/c1-25(2,3)29-18-10-12-30(13-11-18)22-15-24(28-21-7-5-4-6-19(21)22)27-16-17-8-9-20(26)23(31)14-17;/h4-9,14-15,18,29,31H,10-13,16H2,1-3H3,(H,27,28);1H. The van der Waals surface area contributed by atoms with Crippen LogP contribution in [-0.4, -0.2) is 34.8 Å². The van der Waals surface area contributed by atoms with Crippen LogP contribution in [0.25, 0.3) is 10.9 Å². The van der Waals surface area contributed by atoms with Crippen molar-refractivity contribution >= 4 is 46.4 Å². The van der Waals surface area contributed by atoms with Gasteiger partial charge in [0.05, 0.1) is 10.5 Å². The average molecular weight is 475 g/mol. The molecule has 3 aromatic rings. The highest BCUT2D eigenvalue weighted by molar-refractivity contribution is 6.32. The predicted octanol–water partition coefficient (Wildman–Crippen LogP) is 5.98. The maximum Gasteiger partial charge on any atom is 0.134 e. The van der Waals surface area contributed by atoms with E-state index >= 15 is 0 Å². The fraction of sp³-hybridized carbons (Fsp3) is 0.400. The molecule has 0 unspecified atom stereocenters. The van der Waals surface area contributed by atoms with Gasteiger partial charge in [0.25, 0.3) is 0 Å². The second-order valence-electron chi connectivity index (χ2n) is 9.34. The minimum Gasteiger partial charge on any atom is -0.506 e. The van der Waals surface area contributed by atoms with Crippen molar-refractivity contribution in [2.24, 2.45) is 0 Å². The zero-order valence-electron chi connectivity index (χ0n) is 18.9. The monoisotopic (exact) mass is 474 g/mol. The van der Waals surface area contributed by atoms with E-state index in [2.05, 4.69) is 60.6 Å². The Morgan fingerprint density at radius 1 is 1.09 bits per heavy atom. The Balaban J connectivity index is 0.00000289. The third-order valence-electron chi connectivity index (χ3n) is 5.65. The topological polar surface area (TPSA) is 60.4 Å². The third kappa shape index (κ3) is 5.97.